The molecule has 25 heavy (non-hydrogen) atoms. The van der Waals surface area contributed by atoms with Gasteiger partial charge in [0.1, 0.15) is 11.8 Å². The second-order valence-corrected chi connectivity index (χ2v) is 7.03. The summed E-state index contributed by atoms with van der Waals surface area (Å²) >= 11 is 0. The monoisotopic (exact) mass is 367 g/mol. The molecule has 0 saturated heterocycles. The number of ether oxygens (including phenoxy) is 1. The van der Waals surface area contributed by atoms with Crippen molar-refractivity contribution in [3.63, 3.8) is 0 Å². The van der Waals surface area contributed by atoms with E-state index < -0.39 is 34.4 Å². The van der Waals surface area contributed by atoms with Crippen LogP contribution >= 0.6 is 0 Å². The van der Waals surface area contributed by atoms with Gasteiger partial charge in [0.15, 0.2) is 0 Å². The first-order chi connectivity index (χ1) is 11.7. The van der Waals surface area contributed by atoms with Crippen molar-refractivity contribution in [3.05, 3.63) is 36.4 Å². The van der Waals surface area contributed by atoms with E-state index in [1.807, 2.05) is 4.72 Å². The second kappa shape index (κ2) is 7.49. The molecule has 0 bridgehead atoms. The third kappa shape index (κ3) is 4.68. The van der Waals surface area contributed by atoms with E-state index in [1.54, 1.807) is 24.3 Å². The number of nitrogens with one attached hydrogen (secondary N) is 1. The summed E-state index contributed by atoms with van der Waals surface area (Å²) in [6, 6.07) is 7.93. The van der Waals surface area contributed by atoms with Crippen molar-refractivity contribution in [1.82, 2.24) is 4.72 Å². The van der Waals surface area contributed by atoms with Gasteiger partial charge in [0.05, 0.1) is 12.0 Å². The van der Waals surface area contributed by atoms with Crippen LogP contribution in [0.25, 0.3) is 10.8 Å². The SMILES string of the molecule is COc1ccc2cc(S(=O)(=O)N[C@H](CCC(=O)O)C(=O)O)ccc2c1. The van der Waals surface area contributed by atoms with E-state index in [0.29, 0.717) is 11.1 Å². The Bertz CT molecular complexity index is 908. The Hall–Kier alpha value is -2.65. The molecule has 134 valence electrons. The summed E-state index contributed by atoms with van der Waals surface area (Å²) in [6.07, 6.45) is -0.814. The van der Waals surface area contributed by atoms with Crippen LogP contribution in [0.3, 0.4) is 0 Å². The Kier molecular flexibility index (Phi) is 5.60. The highest BCUT2D eigenvalue weighted by molar-refractivity contribution is 7.89. The minimum absolute atomic E-state index is 0.105. The van der Waals surface area contributed by atoms with E-state index in [4.69, 9.17) is 14.9 Å². The molecule has 0 fully saturated rings. The van der Waals surface area contributed by atoms with Crippen molar-refractivity contribution in [1.29, 1.82) is 0 Å². The minimum atomic E-state index is -4.11. The van der Waals surface area contributed by atoms with E-state index in [2.05, 4.69) is 0 Å². The summed E-state index contributed by atoms with van der Waals surface area (Å²) < 4.78 is 32.0. The highest BCUT2D eigenvalue weighted by Gasteiger charge is 2.26. The lowest BCUT2D eigenvalue weighted by Crippen LogP contribution is -2.41. The largest absolute Gasteiger partial charge is 0.497 e. The van der Waals surface area contributed by atoms with E-state index >= 15 is 0 Å². The van der Waals surface area contributed by atoms with E-state index in [-0.39, 0.29) is 11.3 Å². The van der Waals surface area contributed by atoms with E-state index in [9.17, 15) is 18.0 Å². The Balaban J connectivity index is 2.29. The van der Waals surface area contributed by atoms with E-state index in [0.717, 1.165) is 5.39 Å². The number of hydrogen-bond acceptors (Lipinski definition) is 5. The Morgan fingerprint density at radius 3 is 2.36 bits per heavy atom. The highest BCUT2D eigenvalue weighted by atomic mass is 32.2. The third-order valence-corrected chi connectivity index (χ3v) is 5.04. The van der Waals surface area contributed by atoms with Gasteiger partial charge in [-0.1, -0.05) is 12.1 Å². The smallest absolute Gasteiger partial charge is 0.321 e. The van der Waals surface area contributed by atoms with Crippen LogP contribution in [0, 0.1) is 0 Å². The lowest BCUT2D eigenvalue weighted by molar-refractivity contribution is -0.140. The fraction of sp³-hybridized carbons (Fsp3) is 0.250. The fourth-order valence-electron chi connectivity index (χ4n) is 2.25. The summed E-state index contributed by atoms with van der Waals surface area (Å²) in [5.74, 6) is -2.01. The lowest BCUT2D eigenvalue weighted by atomic mass is 10.1. The molecule has 0 spiro atoms. The molecule has 2 rings (SSSR count). The maximum Gasteiger partial charge on any atom is 0.321 e. The Morgan fingerprint density at radius 1 is 1.12 bits per heavy atom. The van der Waals surface area contributed by atoms with E-state index in [1.165, 1.54) is 19.2 Å². The van der Waals surface area contributed by atoms with Gasteiger partial charge >= 0.3 is 11.9 Å². The Morgan fingerprint density at radius 2 is 1.76 bits per heavy atom. The molecule has 0 aliphatic heterocycles. The molecule has 9 heteroatoms. The van der Waals surface area contributed by atoms with Gasteiger partial charge in [0.25, 0.3) is 0 Å². The molecule has 1 atom stereocenters. The summed E-state index contributed by atoms with van der Waals surface area (Å²) in [4.78, 5) is 21.6. The second-order valence-electron chi connectivity index (χ2n) is 5.32. The molecule has 2 aromatic rings. The molecular weight excluding hydrogens is 350 g/mol. The number of sulfonamides is 1. The predicted molar refractivity (Wildman–Crippen MR) is 89.1 cm³/mol. The standard InChI is InChI=1S/C16H17NO7S/c1-24-12-4-2-11-9-13(5-3-10(11)8-12)25(22,23)17-14(16(20)21)6-7-15(18)19/h2-5,8-9,14,17H,6-7H2,1H3,(H,18,19)(H,20,21)/t14-/m1/s1. The first-order valence-electron chi connectivity index (χ1n) is 7.27. The predicted octanol–water partition coefficient (Wildman–Crippen LogP) is 1.44. The zero-order chi connectivity index (χ0) is 18.6. The van der Waals surface area contributed by atoms with Gasteiger partial charge in [0.2, 0.25) is 10.0 Å². The van der Waals surface area contributed by atoms with Crippen LogP contribution in [0.5, 0.6) is 5.75 Å². The average molecular weight is 367 g/mol. The molecule has 0 heterocycles. The summed E-state index contributed by atoms with van der Waals surface area (Å²) in [6.45, 7) is 0. The van der Waals surface area contributed by atoms with Gasteiger partial charge in [-0.05, 0) is 41.5 Å². The normalized spacial score (nSPS) is 12.7. The summed E-state index contributed by atoms with van der Waals surface area (Å²) in [5, 5.41) is 19.1. The summed E-state index contributed by atoms with van der Waals surface area (Å²) in [7, 11) is -2.59. The van der Waals surface area contributed by atoms with Crippen molar-refractivity contribution < 1.29 is 33.0 Å². The van der Waals surface area contributed by atoms with Gasteiger partial charge in [0, 0.05) is 6.42 Å². The topological polar surface area (TPSA) is 130 Å². The zero-order valence-electron chi connectivity index (χ0n) is 13.3. The number of benzene rings is 2. The quantitative estimate of drug-likeness (QED) is 0.643. The number of carbonyl (C=O) groups is 2. The Labute approximate surface area is 144 Å². The van der Waals surface area contributed by atoms with Crippen LogP contribution in [-0.2, 0) is 19.6 Å². The number of rotatable bonds is 8. The molecule has 8 nitrogen and oxygen atoms in total. The maximum atomic E-state index is 12.4. The zero-order valence-corrected chi connectivity index (χ0v) is 14.1. The van der Waals surface area contributed by atoms with Gasteiger partial charge in [-0.2, -0.15) is 4.72 Å². The number of aliphatic carboxylic acids is 2. The number of hydrogen-bond donors (Lipinski definition) is 3. The van der Waals surface area contributed by atoms with Crippen molar-refractivity contribution in [2.75, 3.05) is 7.11 Å². The van der Waals surface area contributed by atoms with Crippen LogP contribution in [0.1, 0.15) is 12.8 Å². The van der Waals surface area contributed by atoms with Crippen molar-refractivity contribution in [2.24, 2.45) is 0 Å². The average Bonchev–Trinajstić information content (AvgIpc) is 2.57. The van der Waals surface area contributed by atoms with Crippen LogP contribution in [-0.4, -0.2) is 43.7 Å². The lowest BCUT2D eigenvalue weighted by Gasteiger charge is -2.14. The molecule has 3 N–H and O–H groups in total. The minimum Gasteiger partial charge on any atom is -0.497 e. The van der Waals surface area contributed by atoms with Crippen LogP contribution in [0.15, 0.2) is 41.3 Å². The molecule has 0 radical (unpaired) electrons. The molecule has 0 unspecified atom stereocenters. The molecule has 0 aliphatic rings. The van der Waals surface area contributed by atoms with Gasteiger partial charge in [-0.25, -0.2) is 8.42 Å². The number of carboxylic acids is 2. The van der Waals surface area contributed by atoms with Gasteiger partial charge in [-0.3, -0.25) is 9.59 Å². The van der Waals surface area contributed by atoms with Gasteiger partial charge in [-0.15, -0.1) is 0 Å². The molecule has 0 amide bonds. The van der Waals surface area contributed by atoms with Crippen LogP contribution in [0.2, 0.25) is 0 Å². The third-order valence-electron chi connectivity index (χ3n) is 3.57. The molecular formula is C16H17NO7S. The fourth-order valence-corrected chi connectivity index (χ4v) is 3.51. The number of methoxy groups -OCH3 is 1. The van der Waals surface area contributed by atoms with Gasteiger partial charge < -0.3 is 14.9 Å². The highest BCUT2D eigenvalue weighted by Crippen LogP contribution is 2.23. The van der Waals surface area contributed by atoms with Crippen molar-refractivity contribution in [3.8, 4) is 5.75 Å². The molecule has 0 aliphatic carbocycles. The van der Waals surface area contributed by atoms with Crippen molar-refractivity contribution >= 4 is 32.7 Å². The summed E-state index contributed by atoms with van der Waals surface area (Å²) in [5.41, 5.74) is 0. The molecule has 0 aromatic heterocycles. The van der Waals surface area contributed by atoms with Crippen molar-refractivity contribution in [2.45, 2.75) is 23.8 Å². The first kappa shape index (κ1) is 18.7. The van der Waals surface area contributed by atoms with Crippen LogP contribution < -0.4 is 9.46 Å². The first-order valence-corrected chi connectivity index (χ1v) is 8.76. The molecule has 2 aromatic carbocycles. The maximum absolute atomic E-state index is 12.4. The van der Waals surface area contributed by atoms with Crippen LogP contribution in [0.4, 0.5) is 0 Å². The molecule has 0 saturated carbocycles. The number of carboxylic acid groups (broad SMARTS) is 2. The number of fused-ring (bicyclic) bond motifs is 1.